The second-order valence-electron chi connectivity index (χ2n) is 3.34. The van der Waals surface area contributed by atoms with Crippen LogP contribution in [0.1, 0.15) is 6.42 Å². The second kappa shape index (κ2) is 2.50. The van der Waals surface area contributed by atoms with E-state index in [0.29, 0.717) is 5.41 Å². The summed E-state index contributed by atoms with van der Waals surface area (Å²) in [7, 11) is 1.94. The molecule has 1 fully saturated rings. The molecule has 3 nitrogen and oxygen atoms in total. The predicted octanol–water partition coefficient (Wildman–Crippen LogP) is 0.357. The minimum absolute atomic E-state index is 0.396. The van der Waals surface area contributed by atoms with Crippen LogP contribution < -0.4 is 5.43 Å². The summed E-state index contributed by atoms with van der Waals surface area (Å²) < 4.78 is 5.19. The van der Waals surface area contributed by atoms with Crippen LogP contribution in [-0.2, 0) is 4.74 Å². The summed E-state index contributed by atoms with van der Waals surface area (Å²) in [6, 6.07) is 0. The molecular weight excluding hydrogens is 140 g/mol. The topological polar surface area (TPSA) is 24.5 Å². The van der Waals surface area contributed by atoms with Gasteiger partial charge in [-0.1, -0.05) is 6.08 Å². The molecule has 2 rings (SSSR count). The number of hydrogen-bond acceptors (Lipinski definition) is 3. The maximum Gasteiger partial charge on any atom is 0.0581 e. The van der Waals surface area contributed by atoms with E-state index in [4.69, 9.17) is 4.74 Å². The van der Waals surface area contributed by atoms with Crippen molar-refractivity contribution in [3.63, 3.8) is 0 Å². The standard InChI is InChI=1S/C8H14N2O/c1-9-10-4-2-8(3-5-10)6-11-7-8/h2,4,9H,3,5-7H2,1H3. The van der Waals surface area contributed by atoms with Crippen LogP contribution in [0.25, 0.3) is 0 Å². The molecular formula is C8H14N2O. The first-order valence-electron chi connectivity index (χ1n) is 4.06. The van der Waals surface area contributed by atoms with E-state index in [0.717, 1.165) is 19.8 Å². The van der Waals surface area contributed by atoms with Gasteiger partial charge in [-0.05, 0) is 6.42 Å². The Morgan fingerprint density at radius 3 is 2.73 bits per heavy atom. The zero-order chi connectivity index (χ0) is 7.73. The molecule has 1 saturated heterocycles. The number of ether oxygens (including phenoxy) is 1. The maximum atomic E-state index is 5.19. The molecule has 0 radical (unpaired) electrons. The quantitative estimate of drug-likeness (QED) is 0.590. The van der Waals surface area contributed by atoms with Gasteiger partial charge in [0.15, 0.2) is 0 Å². The van der Waals surface area contributed by atoms with Gasteiger partial charge in [-0.25, -0.2) is 5.43 Å². The first kappa shape index (κ1) is 7.13. The number of nitrogens with zero attached hydrogens (tertiary/aromatic N) is 1. The fourth-order valence-electron chi connectivity index (χ4n) is 1.54. The van der Waals surface area contributed by atoms with Gasteiger partial charge in [0.05, 0.1) is 13.2 Å². The summed E-state index contributed by atoms with van der Waals surface area (Å²) in [5.41, 5.74) is 3.49. The lowest BCUT2D eigenvalue weighted by Gasteiger charge is -2.43. The third-order valence-electron chi connectivity index (χ3n) is 2.52. The highest BCUT2D eigenvalue weighted by Crippen LogP contribution is 2.35. The summed E-state index contributed by atoms with van der Waals surface area (Å²) in [5.74, 6) is 0. The van der Waals surface area contributed by atoms with Crippen LogP contribution in [0, 0.1) is 5.41 Å². The predicted molar refractivity (Wildman–Crippen MR) is 42.8 cm³/mol. The van der Waals surface area contributed by atoms with Crippen molar-refractivity contribution in [2.75, 3.05) is 26.8 Å². The number of rotatable bonds is 1. The second-order valence-corrected chi connectivity index (χ2v) is 3.34. The summed E-state index contributed by atoms with van der Waals surface area (Å²) in [5, 5.41) is 2.10. The van der Waals surface area contributed by atoms with Crippen LogP contribution >= 0.6 is 0 Å². The minimum atomic E-state index is 0.396. The normalized spacial score (nSPS) is 27.2. The van der Waals surface area contributed by atoms with Crippen molar-refractivity contribution in [2.45, 2.75) is 6.42 Å². The van der Waals surface area contributed by atoms with Gasteiger partial charge in [-0.3, -0.25) is 0 Å². The Kier molecular flexibility index (Phi) is 1.62. The molecule has 0 saturated carbocycles. The number of hydrazine groups is 1. The van der Waals surface area contributed by atoms with Crippen molar-refractivity contribution in [2.24, 2.45) is 5.41 Å². The highest BCUT2D eigenvalue weighted by Gasteiger charge is 2.37. The average Bonchev–Trinajstić information content (AvgIpc) is 2.02. The van der Waals surface area contributed by atoms with E-state index >= 15 is 0 Å². The molecule has 2 aliphatic heterocycles. The molecule has 0 unspecified atom stereocenters. The van der Waals surface area contributed by atoms with Gasteiger partial charge in [-0.2, -0.15) is 0 Å². The lowest BCUT2D eigenvalue weighted by Crippen LogP contribution is -2.47. The Hall–Kier alpha value is -0.540. The van der Waals surface area contributed by atoms with Gasteiger partial charge in [0.25, 0.3) is 0 Å². The van der Waals surface area contributed by atoms with Gasteiger partial charge < -0.3 is 9.75 Å². The maximum absolute atomic E-state index is 5.19. The third-order valence-corrected chi connectivity index (χ3v) is 2.52. The molecule has 1 N–H and O–H groups in total. The Balaban J connectivity index is 1.99. The molecule has 0 aliphatic carbocycles. The lowest BCUT2D eigenvalue weighted by molar-refractivity contribution is -0.0944. The van der Waals surface area contributed by atoms with Gasteiger partial charge >= 0.3 is 0 Å². The molecule has 2 heterocycles. The monoisotopic (exact) mass is 154 g/mol. The SMILES string of the molecule is CNN1C=CC2(CC1)COC2. The molecule has 3 heteroatoms. The van der Waals surface area contributed by atoms with E-state index in [-0.39, 0.29) is 0 Å². The first-order valence-corrected chi connectivity index (χ1v) is 4.06. The lowest BCUT2D eigenvalue weighted by atomic mass is 9.81. The van der Waals surface area contributed by atoms with E-state index in [1.165, 1.54) is 6.42 Å². The van der Waals surface area contributed by atoms with Crippen molar-refractivity contribution in [3.8, 4) is 0 Å². The highest BCUT2D eigenvalue weighted by molar-refractivity contribution is 5.06. The van der Waals surface area contributed by atoms with Crippen molar-refractivity contribution in [1.29, 1.82) is 0 Å². The molecule has 1 spiro atoms. The molecule has 11 heavy (non-hydrogen) atoms. The largest absolute Gasteiger partial charge is 0.379 e. The molecule has 0 bridgehead atoms. The molecule has 0 aromatic rings. The van der Waals surface area contributed by atoms with E-state index in [1.807, 2.05) is 7.05 Å². The minimum Gasteiger partial charge on any atom is -0.379 e. The average molecular weight is 154 g/mol. The van der Waals surface area contributed by atoms with E-state index in [9.17, 15) is 0 Å². The van der Waals surface area contributed by atoms with Crippen molar-refractivity contribution in [1.82, 2.24) is 10.4 Å². The smallest absolute Gasteiger partial charge is 0.0581 e. The van der Waals surface area contributed by atoms with E-state index in [2.05, 4.69) is 22.7 Å². The fraction of sp³-hybridized carbons (Fsp3) is 0.750. The van der Waals surface area contributed by atoms with Crippen molar-refractivity contribution < 1.29 is 4.74 Å². The Labute approximate surface area is 67.0 Å². The van der Waals surface area contributed by atoms with Crippen LogP contribution in [0.15, 0.2) is 12.3 Å². The van der Waals surface area contributed by atoms with Gasteiger partial charge in [-0.15, -0.1) is 0 Å². The third kappa shape index (κ3) is 1.14. The van der Waals surface area contributed by atoms with Crippen molar-refractivity contribution in [3.05, 3.63) is 12.3 Å². The summed E-state index contributed by atoms with van der Waals surface area (Å²) in [6.45, 7) is 2.93. The molecule has 62 valence electrons. The van der Waals surface area contributed by atoms with Crippen LogP contribution in [-0.4, -0.2) is 31.8 Å². The zero-order valence-corrected chi connectivity index (χ0v) is 6.84. The number of nitrogens with one attached hydrogen (secondary N) is 1. The Morgan fingerprint density at radius 1 is 1.55 bits per heavy atom. The van der Waals surface area contributed by atoms with Gasteiger partial charge in [0, 0.05) is 25.2 Å². The fourth-order valence-corrected chi connectivity index (χ4v) is 1.54. The Bertz CT molecular complexity index is 175. The van der Waals surface area contributed by atoms with Crippen LogP contribution in [0.4, 0.5) is 0 Å². The van der Waals surface area contributed by atoms with Crippen LogP contribution in [0.5, 0.6) is 0 Å². The molecule has 0 atom stereocenters. The van der Waals surface area contributed by atoms with Crippen LogP contribution in [0.2, 0.25) is 0 Å². The van der Waals surface area contributed by atoms with E-state index < -0.39 is 0 Å². The summed E-state index contributed by atoms with van der Waals surface area (Å²) >= 11 is 0. The first-order chi connectivity index (χ1) is 5.35. The Morgan fingerprint density at radius 2 is 2.36 bits per heavy atom. The van der Waals surface area contributed by atoms with Crippen molar-refractivity contribution >= 4 is 0 Å². The number of hydrogen-bond donors (Lipinski definition) is 1. The van der Waals surface area contributed by atoms with Gasteiger partial charge in [0.1, 0.15) is 0 Å². The zero-order valence-electron chi connectivity index (χ0n) is 6.84. The molecule has 2 aliphatic rings. The highest BCUT2D eigenvalue weighted by atomic mass is 16.5. The van der Waals surface area contributed by atoms with E-state index in [1.54, 1.807) is 0 Å². The molecule has 0 aromatic carbocycles. The molecule has 0 aromatic heterocycles. The van der Waals surface area contributed by atoms with Crippen LogP contribution in [0.3, 0.4) is 0 Å². The molecule has 0 amide bonds. The summed E-state index contributed by atoms with van der Waals surface area (Å²) in [6.07, 6.45) is 5.59. The summed E-state index contributed by atoms with van der Waals surface area (Å²) in [4.78, 5) is 0. The van der Waals surface area contributed by atoms with Gasteiger partial charge in [0.2, 0.25) is 0 Å².